The molecule has 3 heterocycles. The van der Waals surface area contributed by atoms with Gasteiger partial charge in [-0.1, -0.05) is 0 Å². The number of carbonyl (C=O) groups is 7. The maximum atomic E-state index is 14.5. The molecule has 3 aliphatic heterocycles. The second-order valence-corrected chi connectivity index (χ2v) is 14.9. The Balaban J connectivity index is 1.44. The highest BCUT2D eigenvalue weighted by molar-refractivity contribution is 5.98. The number of hydrogen-bond acceptors (Lipinski definition) is 26. The Hall–Kier alpha value is -9.11. The number of ether oxygens (including phenoxy) is 7. The molecule has 1 fully saturated rings. The lowest BCUT2D eigenvalue weighted by atomic mass is 9.76. The van der Waals surface area contributed by atoms with E-state index in [9.17, 15) is 99.9 Å². The van der Waals surface area contributed by atoms with Crippen LogP contribution in [0.2, 0.25) is 0 Å². The van der Waals surface area contributed by atoms with Crippen LogP contribution in [0.5, 0.6) is 69.0 Å². The number of phenolic OH excluding ortho intramolecular Hbond substituents is 11. The second kappa shape index (κ2) is 17.7. The molecule has 0 aromatic heterocycles. The van der Waals surface area contributed by atoms with Crippen molar-refractivity contribution in [3.63, 3.8) is 0 Å². The van der Waals surface area contributed by atoms with Crippen molar-refractivity contribution in [2.75, 3.05) is 6.61 Å². The van der Waals surface area contributed by atoms with E-state index in [4.69, 9.17) is 33.2 Å². The number of hydrogen-bond donors (Lipinski definition) is 13. The molecule has 4 aromatic carbocycles. The van der Waals surface area contributed by atoms with Crippen molar-refractivity contribution in [1.29, 1.82) is 0 Å². The Morgan fingerprint density at radius 1 is 0.574 bits per heavy atom. The fourth-order valence-corrected chi connectivity index (χ4v) is 7.37. The first-order valence-electron chi connectivity index (χ1n) is 19.1. The average Bonchev–Trinajstić information content (AvgIpc) is 3.28. The molecular weight excluding hydrogens is 924 g/mol. The number of aromatic hydroxyl groups is 11. The van der Waals surface area contributed by atoms with E-state index in [-0.39, 0.29) is 0 Å². The van der Waals surface area contributed by atoms with E-state index < -0.39 is 200 Å². The predicted molar refractivity (Wildman–Crippen MR) is 207 cm³/mol. The van der Waals surface area contributed by atoms with Crippen molar-refractivity contribution in [2.24, 2.45) is 5.92 Å². The predicted octanol–water partition coefficient (Wildman–Crippen LogP) is 0.0179. The second-order valence-electron chi connectivity index (χ2n) is 14.9. The van der Waals surface area contributed by atoms with Crippen LogP contribution in [0.25, 0.3) is 0 Å². The van der Waals surface area contributed by atoms with Crippen molar-refractivity contribution in [3.8, 4) is 69.0 Å². The van der Waals surface area contributed by atoms with E-state index in [0.29, 0.717) is 42.5 Å². The molecule has 7 rings (SSSR count). The minimum Gasteiger partial charge on any atom is -0.504 e. The van der Waals surface area contributed by atoms with E-state index in [1.807, 2.05) is 0 Å². The van der Waals surface area contributed by atoms with Crippen molar-refractivity contribution in [1.82, 2.24) is 0 Å². The SMILES string of the molecule is O=C(O)C[C@@H]1C(=O)O[C@@H]2[C@@H](OC(=O)c3cc(O)c(O)c(O)c3)[C@H](OC(=O)c3cc(O)c(O)c4c3[C@@H]1[C@H](O)C(=O)O4)[C@@H](OC(=O)c1cc(O)c(O)c(O)c1)O[C@H]2COC(=O)c1cc(O)c(O)c(O)c1. The highest BCUT2D eigenvalue weighted by Gasteiger charge is 2.57. The smallest absolute Gasteiger partial charge is 0.341 e. The normalized spacial score (nSPS) is 23.0. The van der Waals surface area contributed by atoms with Crippen molar-refractivity contribution >= 4 is 41.8 Å². The minimum absolute atomic E-state index is 0.449. The standard InChI is InChI=1S/C41H32O27/c42-15-1-10(2-16(43)26(15)51)35(56)62-9-22-31-33(66-36(57)11-3-17(44)27(52)18(45)4-11)34(41(63-22)68-37(58)12-5-19(46)28(53)20(47)6-12)67-38(59)13-7-21(48)29(54)32-25(13)24(30(55)40(61)65-32)14(8-23(49)50)39(60)64-31/h1-7,14,22,24,30-31,33-34,41-48,51-55H,8-9H2,(H,49,50)/t14-,22-,24+,30-,31-,33+,34-,41+/m0/s1. The molecule has 68 heavy (non-hydrogen) atoms. The molecule has 2 bridgehead atoms. The number of phenols is 11. The minimum atomic E-state index is -2.57. The van der Waals surface area contributed by atoms with Gasteiger partial charge in [-0.25, -0.2) is 24.0 Å². The Bertz CT molecular complexity index is 2750. The molecule has 8 atom stereocenters. The Labute approximate surface area is 375 Å². The Kier molecular flexibility index (Phi) is 12.2. The molecule has 358 valence electrons. The van der Waals surface area contributed by atoms with Crippen LogP contribution in [0.1, 0.15) is 59.3 Å². The Morgan fingerprint density at radius 2 is 1.04 bits per heavy atom. The van der Waals surface area contributed by atoms with E-state index in [2.05, 4.69) is 0 Å². The lowest BCUT2D eigenvalue weighted by Gasteiger charge is -2.44. The number of rotatable bonds is 9. The van der Waals surface area contributed by atoms with Gasteiger partial charge in [0.05, 0.1) is 34.6 Å². The van der Waals surface area contributed by atoms with E-state index >= 15 is 0 Å². The highest BCUT2D eigenvalue weighted by Crippen LogP contribution is 2.51. The first kappa shape index (κ1) is 46.9. The van der Waals surface area contributed by atoms with Crippen LogP contribution >= 0.6 is 0 Å². The van der Waals surface area contributed by atoms with E-state index in [1.54, 1.807) is 0 Å². The van der Waals surface area contributed by atoms with Crippen LogP contribution in [-0.4, -0.2) is 152 Å². The fourth-order valence-electron chi connectivity index (χ4n) is 7.37. The number of aliphatic hydroxyl groups is 1. The third-order valence-electron chi connectivity index (χ3n) is 10.6. The van der Waals surface area contributed by atoms with Gasteiger partial charge in [0.15, 0.2) is 81.6 Å². The summed E-state index contributed by atoms with van der Waals surface area (Å²) in [7, 11) is 0. The monoisotopic (exact) mass is 956 g/mol. The summed E-state index contributed by atoms with van der Waals surface area (Å²) >= 11 is 0. The van der Waals surface area contributed by atoms with Gasteiger partial charge >= 0.3 is 41.8 Å². The van der Waals surface area contributed by atoms with Gasteiger partial charge in [-0.15, -0.1) is 0 Å². The summed E-state index contributed by atoms with van der Waals surface area (Å²) in [6.45, 7) is -1.28. The number of esters is 6. The van der Waals surface area contributed by atoms with Gasteiger partial charge in [0.1, 0.15) is 12.7 Å². The van der Waals surface area contributed by atoms with Crippen LogP contribution in [-0.2, 0) is 42.8 Å². The number of benzene rings is 4. The molecule has 0 aliphatic carbocycles. The first-order valence-corrected chi connectivity index (χ1v) is 19.1. The van der Waals surface area contributed by atoms with Crippen LogP contribution in [0.4, 0.5) is 0 Å². The van der Waals surface area contributed by atoms with Gasteiger partial charge in [0.25, 0.3) is 0 Å². The largest absolute Gasteiger partial charge is 0.504 e. The fraction of sp³-hybridized carbons (Fsp3) is 0.244. The molecule has 0 spiro atoms. The Morgan fingerprint density at radius 3 is 1.54 bits per heavy atom. The van der Waals surface area contributed by atoms with Gasteiger partial charge in [-0.2, -0.15) is 0 Å². The van der Waals surface area contributed by atoms with Crippen LogP contribution in [0.15, 0.2) is 42.5 Å². The first-order chi connectivity index (χ1) is 32.0. The molecule has 27 nitrogen and oxygen atoms in total. The zero-order valence-electron chi connectivity index (χ0n) is 33.6. The molecule has 0 saturated carbocycles. The number of carboxylic acids is 1. The topological polar surface area (TPSA) is 447 Å². The lowest BCUT2D eigenvalue weighted by molar-refractivity contribution is -0.287. The molecular formula is C41H32O27. The maximum absolute atomic E-state index is 14.5. The van der Waals surface area contributed by atoms with Gasteiger partial charge in [-0.05, 0) is 42.5 Å². The van der Waals surface area contributed by atoms with E-state index in [0.717, 1.165) is 0 Å². The quantitative estimate of drug-likeness (QED) is 0.0455. The maximum Gasteiger partial charge on any atom is 0.341 e. The lowest BCUT2D eigenvalue weighted by Crippen LogP contribution is -2.63. The molecule has 4 aromatic rings. The number of fused-ring (bicyclic) bond motifs is 2. The molecule has 3 aliphatic rings. The van der Waals surface area contributed by atoms with Gasteiger partial charge in [-0.3, -0.25) is 9.59 Å². The summed E-state index contributed by atoms with van der Waals surface area (Å²) in [5.41, 5.74) is -4.15. The van der Waals surface area contributed by atoms with Gasteiger partial charge in [0.2, 0.25) is 18.1 Å². The van der Waals surface area contributed by atoms with Crippen molar-refractivity contribution < 1.29 is 133 Å². The average molecular weight is 957 g/mol. The molecule has 0 unspecified atom stereocenters. The number of aliphatic carboxylic acids is 1. The number of carbonyl (C=O) groups excluding carboxylic acids is 6. The summed E-state index contributed by atoms with van der Waals surface area (Å²) in [6, 6.07) is 3.84. The van der Waals surface area contributed by atoms with Crippen molar-refractivity contribution in [3.05, 3.63) is 70.3 Å². The number of carboxylic acid groups (broad SMARTS) is 1. The van der Waals surface area contributed by atoms with Gasteiger partial charge in [0, 0.05) is 11.5 Å². The van der Waals surface area contributed by atoms with Crippen LogP contribution < -0.4 is 4.74 Å². The molecule has 1 saturated heterocycles. The van der Waals surface area contributed by atoms with Crippen LogP contribution in [0.3, 0.4) is 0 Å². The summed E-state index contributed by atoms with van der Waals surface area (Å²) in [5, 5.41) is 133. The molecule has 13 N–H and O–H groups in total. The number of aliphatic hydroxyl groups excluding tert-OH is 1. The zero-order valence-corrected chi connectivity index (χ0v) is 33.6. The van der Waals surface area contributed by atoms with Gasteiger partial charge < -0.3 is 99.5 Å². The van der Waals surface area contributed by atoms with Crippen LogP contribution in [0, 0.1) is 5.92 Å². The third-order valence-corrected chi connectivity index (χ3v) is 10.6. The summed E-state index contributed by atoms with van der Waals surface area (Å²) < 4.78 is 38.6. The third kappa shape index (κ3) is 8.58. The molecule has 0 radical (unpaired) electrons. The molecule has 0 amide bonds. The summed E-state index contributed by atoms with van der Waals surface area (Å²) in [5.74, 6) is -29.8. The zero-order chi connectivity index (χ0) is 49.8. The van der Waals surface area contributed by atoms with Crippen molar-refractivity contribution in [2.45, 2.75) is 49.1 Å². The highest BCUT2D eigenvalue weighted by atomic mass is 16.7. The summed E-state index contributed by atoms with van der Waals surface area (Å²) in [6.07, 6.45) is -16.3. The molecule has 27 heteroatoms. The summed E-state index contributed by atoms with van der Waals surface area (Å²) in [4.78, 5) is 95.4. The van der Waals surface area contributed by atoms with E-state index in [1.165, 1.54) is 0 Å².